The Morgan fingerprint density at radius 2 is 1.33 bits per heavy atom. The van der Waals surface area contributed by atoms with Gasteiger partial charge in [-0.15, -0.1) is 0 Å². The minimum atomic E-state index is 0.0391. The lowest BCUT2D eigenvalue weighted by atomic mass is 9.86. The molecule has 3 aromatic rings. The molecule has 0 spiro atoms. The second-order valence-electron chi connectivity index (χ2n) is 7.05. The van der Waals surface area contributed by atoms with Crippen LogP contribution in [0.15, 0.2) is 60.7 Å². The molecule has 0 fully saturated rings. The zero-order valence-corrected chi connectivity index (χ0v) is 16.0. The Morgan fingerprint density at radius 3 is 1.81 bits per heavy atom. The minimum Gasteiger partial charge on any atom is -0.491 e. The van der Waals surface area contributed by atoms with Gasteiger partial charge in [0.05, 0.1) is 6.61 Å². The Bertz CT molecular complexity index is 888. The summed E-state index contributed by atoms with van der Waals surface area (Å²) < 4.78 is 5.91. The molecule has 0 radical (unpaired) electrons. The standard InChI is InChI=1S/C25H26O2/c1-3-17-15-19(16-18(4-2)25(17)27-14-13-26)24-22-11-7-5-9-20(22)21-10-6-8-12-23(21)24/h5-12,15-16,24,26H,3-4,13-14H2,1-2H3. The topological polar surface area (TPSA) is 29.5 Å². The molecule has 0 unspecified atom stereocenters. The van der Waals surface area contributed by atoms with Crippen LogP contribution in [0.3, 0.4) is 0 Å². The first-order chi connectivity index (χ1) is 13.3. The third kappa shape index (κ3) is 3.04. The number of aliphatic hydroxyl groups is 1. The lowest BCUT2D eigenvalue weighted by molar-refractivity contribution is 0.199. The van der Waals surface area contributed by atoms with Crippen LogP contribution >= 0.6 is 0 Å². The molecule has 0 bridgehead atoms. The molecule has 1 aliphatic carbocycles. The van der Waals surface area contributed by atoms with Crippen LogP contribution in [0.4, 0.5) is 0 Å². The van der Waals surface area contributed by atoms with Crippen molar-refractivity contribution in [2.45, 2.75) is 32.6 Å². The van der Waals surface area contributed by atoms with Crippen molar-refractivity contribution >= 4 is 0 Å². The summed E-state index contributed by atoms with van der Waals surface area (Å²) in [5.74, 6) is 1.22. The maximum atomic E-state index is 9.18. The number of hydrogen-bond donors (Lipinski definition) is 1. The highest BCUT2D eigenvalue weighted by Gasteiger charge is 2.30. The Hall–Kier alpha value is -2.58. The van der Waals surface area contributed by atoms with Gasteiger partial charge in [-0.1, -0.05) is 74.5 Å². The van der Waals surface area contributed by atoms with E-state index < -0.39 is 0 Å². The van der Waals surface area contributed by atoms with E-state index in [9.17, 15) is 5.11 Å². The van der Waals surface area contributed by atoms with Crippen molar-refractivity contribution in [1.29, 1.82) is 0 Å². The quantitative estimate of drug-likeness (QED) is 0.504. The van der Waals surface area contributed by atoms with Crippen LogP contribution in [-0.4, -0.2) is 18.3 Å². The minimum absolute atomic E-state index is 0.0391. The van der Waals surface area contributed by atoms with Crippen LogP contribution in [0.25, 0.3) is 11.1 Å². The number of benzene rings is 3. The second-order valence-corrected chi connectivity index (χ2v) is 7.05. The summed E-state index contributed by atoms with van der Waals surface area (Å²) in [6.07, 6.45) is 1.83. The molecule has 0 atom stereocenters. The van der Waals surface area contributed by atoms with Crippen molar-refractivity contribution < 1.29 is 9.84 Å². The van der Waals surface area contributed by atoms with E-state index in [1.54, 1.807) is 0 Å². The van der Waals surface area contributed by atoms with Gasteiger partial charge in [0.1, 0.15) is 12.4 Å². The predicted octanol–water partition coefficient (Wildman–Crippen LogP) is 5.34. The third-order valence-electron chi connectivity index (χ3n) is 5.53. The predicted molar refractivity (Wildman–Crippen MR) is 111 cm³/mol. The van der Waals surface area contributed by atoms with Gasteiger partial charge >= 0.3 is 0 Å². The summed E-state index contributed by atoms with van der Waals surface area (Å²) in [7, 11) is 0. The van der Waals surface area contributed by atoms with Gasteiger partial charge in [0.15, 0.2) is 0 Å². The lowest BCUT2D eigenvalue weighted by Crippen LogP contribution is -2.08. The van der Waals surface area contributed by atoms with Crippen molar-refractivity contribution in [3.8, 4) is 16.9 Å². The fourth-order valence-electron chi connectivity index (χ4n) is 4.32. The first kappa shape index (κ1) is 17.8. The molecule has 2 heteroatoms. The normalized spacial score (nSPS) is 12.7. The average molecular weight is 358 g/mol. The van der Waals surface area contributed by atoms with E-state index >= 15 is 0 Å². The molecular formula is C25H26O2. The van der Waals surface area contributed by atoms with E-state index in [4.69, 9.17) is 4.74 Å². The number of fused-ring (bicyclic) bond motifs is 3. The molecule has 27 heavy (non-hydrogen) atoms. The highest BCUT2D eigenvalue weighted by atomic mass is 16.5. The first-order valence-electron chi connectivity index (χ1n) is 9.86. The van der Waals surface area contributed by atoms with Crippen molar-refractivity contribution in [3.05, 3.63) is 88.5 Å². The molecule has 0 amide bonds. The van der Waals surface area contributed by atoms with Crippen LogP contribution in [0.5, 0.6) is 5.75 Å². The molecule has 1 N–H and O–H groups in total. The van der Waals surface area contributed by atoms with Crippen LogP contribution in [0, 0.1) is 0 Å². The molecule has 2 nitrogen and oxygen atoms in total. The molecule has 3 aromatic carbocycles. The van der Waals surface area contributed by atoms with Gasteiger partial charge in [0.2, 0.25) is 0 Å². The molecule has 138 valence electrons. The number of aliphatic hydroxyl groups excluding tert-OH is 1. The molecule has 0 saturated heterocycles. The highest BCUT2D eigenvalue weighted by Crippen LogP contribution is 2.48. The maximum absolute atomic E-state index is 9.18. The van der Waals surface area contributed by atoms with Gasteiger partial charge < -0.3 is 9.84 Å². The monoisotopic (exact) mass is 358 g/mol. The summed E-state index contributed by atoms with van der Waals surface area (Å²) in [5, 5.41) is 9.18. The molecule has 0 saturated carbocycles. The fraction of sp³-hybridized carbons (Fsp3) is 0.280. The zero-order valence-electron chi connectivity index (χ0n) is 16.0. The van der Waals surface area contributed by atoms with E-state index in [2.05, 4.69) is 74.5 Å². The molecule has 4 rings (SSSR count). The lowest BCUT2D eigenvalue weighted by Gasteiger charge is -2.20. The Kier molecular flexibility index (Phi) is 5.00. The number of rotatable bonds is 6. The van der Waals surface area contributed by atoms with Crippen molar-refractivity contribution in [1.82, 2.24) is 0 Å². The van der Waals surface area contributed by atoms with Crippen LogP contribution < -0.4 is 4.74 Å². The highest BCUT2D eigenvalue weighted by molar-refractivity contribution is 5.80. The summed E-state index contributed by atoms with van der Waals surface area (Å²) in [6.45, 7) is 4.72. The fourth-order valence-corrected chi connectivity index (χ4v) is 4.32. The van der Waals surface area contributed by atoms with E-state index in [1.165, 1.54) is 38.9 Å². The van der Waals surface area contributed by atoms with Gasteiger partial charge in [-0.2, -0.15) is 0 Å². The Morgan fingerprint density at radius 1 is 0.815 bits per heavy atom. The summed E-state index contributed by atoms with van der Waals surface area (Å²) in [6, 6.07) is 22.1. The van der Waals surface area contributed by atoms with Gasteiger partial charge in [0.25, 0.3) is 0 Å². The van der Waals surface area contributed by atoms with E-state index in [0.717, 1.165) is 18.6 Å². The number of ether oxygens (including phenoxy) is 1. The molecular weight excluding hydrogens is 332 g/mol. The smallest absolute Gasteiger partial charge is 0.125 e. The van der Waals surface area contributed by atoms with E-state index in [0.29, 0.717) is 6.61 Å². The van der Waals surface area contributed by atoms with Crippen molar-refractivity contribution in [3.63, 3.8) is 0 Å². The molecule has 0 heterocycles. The second kappa shape index (κ2) is 7.58. The largest absolute Gasteiger partial charge is 0.491 e. The zero-order chi connectivity index (χ0) is 18.8. The number of hydrogen-bond acceptors (Lipinski definition) is 2. The third-order valence-corrected chi connectivity index (χ3v) is 5.53. The first-order valence-corrected chi connectivity index (χ1v) is 9.86. The maximum Gasteiger partial charge on any atom is 0.125 e. The van der Waals surface area contributed by atoms with Crippen molar-refractivity contribution in [2.75, 3.05) is 13.2 Å². The van der Waals surface area contributed by atoms with Crippen LogP contribution in [0.2, 0.25) is 0 Å². The number of aryl methyl sites for hydroxylation is 2. The summed E-state index contributed by atoms with van der Waals surface area (Å²) in [4.78, 5) is 0. The SMILES string of the molecule is CCc1cc(C2c3ccccc3-c3ccccc32)cc(CC)c1OCCO. The van der Waals surface area contributed by atoms with Gasteiger partial charge in [0, 0.05) is 5.92 Å². The summed E-state index contributed by atoms with van der Waals surface area (Å²) >= 11 is 0. The Balaban J connectivity index is 1.89. The van der Waals surface area contributed by atoms with Crippen LogP contribution in [0.1, 0.15) is 47.6 Å². The average Bonchev–Trinajstić information content (AvgIpc) is 3.06. The molecule has 0 aromatic heterocycles. The van der Waals surface area contributed by atoms with Crippen molar-refractivity contribution in [2.24, 2.45) is 0 Å². The summed E-state index contributed by atoms with van der Waals surface area (Å²) in [5.41, 5.74) is 9.22. The van der Waals surface area contributed by atoms with Gasteiger partial charge in [-0.3, -0.25) is 0 Å². The van der Waals surface area contributed by atoms with Crippen LogP contribution in [-0.2, 0) is 12.8 Å². The van der Waals surface area contributed by atoms with E-state index in [1.807, 2.05) is 0 Å². The molecule has 1 aliphatic rings. The van der Waals surface area contributed by atoms with Gasteiger partial charge in [-0.05, 0) is 51.8 Å². The van der Waals surface area contributed by atoms with Gasteiger partial charge in [-0.25, -0.2) is 0 Å². The Labute approximate surface area is 161 Å². The molecule has 0 aliphatic heterocycles. The van der Waals surface area contributed by atoms with E-state index in [-0.39, 0.29) is 12.5 Å².